The highest BCUT2D eigenvalue weighted by atomic mass is 32.1. The summed E-state index contributed by atoms with van der Waals surface area (Å²) >= 11 is 1.44. The van der Waals surface area contributed by atoms with Gasteiger partial charge < -0.3 is 5.73 Å². The van der Waals surface area contributed by atoms with Gasteiger partial charge in [-0.1, -0.05) is 6.07 Å². The summed E-state index contributed by atoms with van der Waals surface area (Å²) in [5.74, 6) is -4.43. The number of hydrogen-bond acceptors (Lipinski definition) is 3. The summed E-state index contributed by atoms with van der Waals surface area (Å²) in [6, 6.07) is 3.44. The molecule has 7 heteroatoms. The van der Waals surface area contributed by atoms with E-state index in [1.165, 1.54) is 11.3 Å². The molecule has 0 spiro atoms. The van der Waals surface area contributed by atoms with E-state index in [0.717, 1.165) is 4.88 Å². The molecule has 1 atom stereocenters. The van der Waals surface area contributed by atoms with Crippen molar-refractivity contribution in [3.63, 3.8) is 0 Å². The van der Waals surface area contributed by atoms with Crippen molar-refractivity contribution < 1.29 is 18.0 Å². The highest BCUT2D eigenvalue weighted by Gasteiger charge is 2.23. The SMILES string of the molecule is NC(=O)C(NCc1cccs1)c1cc(F)c(F)cc1F. The summed E-state index contributed by atoms with van der Waals surface area (Å²) in [5.41, 5.74) is 4.87. The van der Waals surface area contributed by atoms with E-state index >= 15 is 0 Å². The minimum absolute atomic E-state index is 0.268. The van der Waals surface area contributed by atoms with Crippen LogP contribution in [0, 0.1) is 17.5 Å². The molecule has 0 fully saturated rings. The number of nitrogens with one attached hydrogen (secondary N) is 1. The van der Waals surface area contributed by atoms with Gasteiger partial charge in [0.05, 0.1) is 0 Å². The van der Waals surface area contributed by atoms with Gasteiger partial charge in [0, 0.05) is 23.1 Å². The summed E-state index contributed by atoms with van der Waals surface area (Å²) in [7, 11) is 0. The predicted octanol–water partition coefficient (Wildman–Crippen LogP) is 2.48. The maximum atomic E-state index is 13.7. The van der Waals surface area contributed by atoms with E-state index in [0.29, 0.717) is 12.1 Å². The van der Waals surface area contributed by atoms with Gasteiger partial charge in [-0.15, -0.1) is 11.3 Å². The second-order valence-corrected chi connectivity index (χ2v) is 5.12. The summed E-state index contributed by atoms with van der Waals surface area (Å²) in [6.07, 6.45) is 0. The highest BCUT2D eigenvalue weighted by Crippen LogP contribution is 2.21. The Hall–Kier alpha value is -1.86. The third kappa shape index (κ3) is 3.17. The first-order valence-electron chi connectivity index (χ1n) is 5.68. The molecule has 20 heavy (non-hydrogen) atoms. The van der Waals surface area contributed by atoms with Crippen LogP contribution in [0.15, 0.2) is 29.6 Å². The summed E-state index contributed by atoms with van der Waals surface area (Å²) < 4.78 is 39.7. The minimum atomic E-state index is -1.31. The number of rotatable bonds is 5. The van der Waals surface area contributed by atoms with Crippen molar-refractivity contribution in [1.29, 1.82) is 0 Å². The molecule has 0 saturated carbocycles. The number of hydrogen-bond donors (Lipinski definition) is 2. The smallest absolute Gasteiger partial charge is 0.239 e. The van der Waals surface area contributed by atoms with E-state index in [2.05, 4.69) is 5.32 Å². The Morgan fingerprint density at radius 2 is 1.95 bits per heavy atom. The molecule has 3 nitrogen and oxygen atoms in total. The van der Waals surface area contributed by atoms with Gasteiger partial charge in [-0.05, 0) is 17.5 Å². The van der Waals surface area contributed by atoms with Crippen molar-refractivity contribution in [2.24, 2.45) is 5.73 Å². The molecule has 0 aliphatic rings. The highest BCUT2D eigenvalue weighted by molar-refractivity contribution is 7.09. The van der Waals surface area contributed by atoms with E-state index in [1.54, 1.807) is 0 Å². The van der Waals surface area contributed by atoms with Crippen molar-refractivity contribution >= 4 is 17.2 Å². The first-order chi connectivity index (χ1) is 9.49. The Labute approximate surface area is 117 Å². The maximum Gasteiger partial charge on any atom is 0.239 e. The van der Waals surface area contributed by atoms with Crippen LogP contribution in [0.25, 0.3) is 0 Å². The van der Waals surface area contributed by atoms with E-state index in [4.69, 9.17) is 5.73 Å². The van der Waals surface area contributed by atoms with Crippen LogP contribution in [-0.2, 0) is 11.3 Å². The Morgan fingerprint density at radius 3 is 2.55 bits per heavy atom. The van der Waals surface area contributed by atoms with Gasteiger partial charge >= 0.3 is 0 Å². The second kappa shape index (κ2) is 6.06. The van der Waals surface area contributed by atoms with Crippen LogP contribution in [0.3, 0.4) is 0 Å². The summed E-state index contributed by atoms with van der Waals surface area (Å²) in [6.45, 7) is 0.268. The molecule has 1 heterocycles. The fraction of sp³-hybridized carbons (Fsp3) is 0.154. The van der Waals surface area contributed by atoms with Crippen molar-refractivity contribution in [3.8, 4) is 0 Å². The Bertz CT molecular complexity index is 616. The topological polar surface area (TPSA) is 55.1 Å². The lowest BCUT2D eigenvalue weighted by molar-refractivity contribution is -0.120. The Balaban J connectivity index is 2.24. The van der Waals surface area contributed by atoms with Gasteiger partial charge in [-0.3, -0.25) is 10.1 Å². The molecule has 1 unspecified atom stereocenters. The fourth-order valence-electron chi connectivity index (χ4n) is 1.74. The normalized spacial score (nSPS) is 12.3. The van der Waals surface area contributed by atoms with Crippen LogP contribution in [0.2, 0.25) is 0 Å². The van der Waals surface area contributed by atoms with Gasteiger partial charge in [0.2, 0.25) is 5.91 Å². The number of nitrogens with two attached hydrogens (primary N) is 1. The monoisotopic (exact) mass is 300 g/mol. The van der Waals surface area contributed by atoms with Gasteiger partial charge in [0.15, 0.2) is 11.6 Å². The van der Waals surface area contributed by atoms with Gasteiger partial charge in [0.1, 0.15) is 11.9 Å². The van der Waals surface area contributed by atoms with Gasteiger partial charge in [-0.25, -0.2) is 13.2 Å². The van der Waals surface area contributed by atoms with Crippen LogP contribution in [0.1, 0.15) is 16.5 Å². The molecule has 2 aromatic rings. The van der Waals surface area contributed by atoms with Crippen LogP contribution in [0.4, 0.5) is 13.2 Å². The molecule has 0 bridgehead atoms. The zero-order valence-corrected chi connectivity index (χ0v) is 11.0. The van der Waals surface area contributed by atoms with Crippen LogP contribution in [0.5, 0.6) is 0 Å². The molecular formula is C13H11F3N2OS. The first-order valence-corrected chi connectivity index (χ1v) is 6.56. The zero-order valence-electron chi connectivity index (χ0n) is 10.2. The summed E-state index contributed by atoms with van der Waals surface area (Å²) in [4.78, 5) is 12.3. The molecule has 0 saturated heterocycles. The minimum Gasteiger partial charge on any atom is -0.368 e. The Morgan fingerprint density at radius 1 is 1.25 bits per heavy atom. The van der Waals surface area contributed by atoms with Crippen molar-refractivity contribution in [1.82, 2.24) is 5.32 Å². The van der Waals surface area contributed by atoms with Gasteiger partial charge in [0.25, 0.3) is 0 Å². The molecular weight excluding hydrogens is 289 g/mol. The van der Waals surface area contributed by atoms with Crippen molar-refractivity contribution in [3.05, 3.63) is 57.5 Å². The van der Waals surface area contributed by atoms with Gasteiger partial charge in [-0.2, -0.15) is 0 Å². The first kappa shape index (κ1) is 14.5. The lowest BCUT2D eigenvalue weighted by Gasteiger charge is -2.16. The Kier molecular flexibility index (Phi) is 4.41. The predicted molar refractivity (Wildman–Crippen MR) is 69.4 cm³/mol. The quantitative estimate of drug-likeness (QED) is 0.834. The average molecular weight is 300 g/mol. The lowest BCUT2D eigenvalue weighted by Crippen LogP contribution is -2.34. The van der Waals surface area contributed by atoms with Crippen LogP contribution >= 0.6 is 11.3 Å². The standard InChI is InChI=1S/C13H11F3N2OS/c14-9-5-11(16)10(15)4-8(9)12(13(17)19)18-6-7-2-1-3-20-7/h1-5,12,18H,6H2,(H2,17,19). The van der Waals surface area contributed by atoms with E-state index < -0.39 is 29.4 Å². The van der Waals surface area contributed by atoms with E-state index in [1.807, 2.05) is 17.5 Å². The largest absolute Gasteiger partial charge is 0.368 e. The molecule has 2 rings (SSSR count). The number of benzene rings is 1. The molecule has 1 aromatic carbocycles. The number of carbonyl (C=O) groups excluding carboxylic acids is 1. The molecule has 3 N–H and O–H groups in total. The van der Waals surface area contributed by atoms with Crippen molar-refractivity contribution in [2.75, 3.05) is 0 Å². The van der Waals surface area contributed by atoms with E-state index in [-0.39, 0.29) is 12.1 Å². The van der Waals surface area contributed by atoms with Crippen LogP contribution < -0.4 is 11.1 Å². The van der Waals surface area contributed by atoms with Crippen molar-refractivity contribution in [2.45, 2.75) is 12.6 Å². The molecule has 0 aliphatic heterocycles. The van der Waals surface area contributed by atoms with Crippen LogP contribution in [-0.4, -0.2) is 5.91 Å². The number of amides is 1. The second-order valence-electron chi connectivity index (χ2n) is 4.08. The number of carbonyl (C=O) groups is 1. The molecule has 106 valence electrons. The fourth-order valence-corrected chi connectivity index (χ4v) is 2.39. The average Bonchev–Trinajstić information content (AvgIpc) is 2.88. The number of halogens is 3. The molecule has 1 aromatic heterocycles. The number of primary amides is 1. The summed E-state index contributed by atoms with van der Waals surface area (Å²) in [5, 5.41) is 4.57. The maximum absolute atomic E-state index is 13.7. The number of thiophene rings is 1. The molecule has 0 aliphatic carbocycles. The molecule has 1 amide bonds. The third-order valence-corrected chi connectivity index (χ3v) is 3.57. The van der Waals surface area contributed by atoms with E-state index in [9.17, 15) is 18.0 Å². The lowest BCUT2D eigenvalue weighted by atomic mass is 10.1. The molecule has 0 radical (unpaired) electrons. The zero-order chi connectivity index (χ0) is 14.7. The third-order valence-electron chi connectivity index (χ3n) is 2.70.